The first-order chi connectivity index (χ1) is 9.74. The molecule has 20 heavy (non-hydrogen) atoms. The van der Waals surface area contributed by atoms with Crippen molar-refractivity contribution in [2.75, 3.05) is 13.1 Å². The van der Waals surface area contributed by atoms with Crippen LogP contribution in [0.3, 0.4) is 0 Å². The first-order valence-corrected chi connectivity index (χ1v) is 8.92. The third-order valence-corrected chi connectivity index (χ3v) is 6.36. The quantitative estimate of drug-likeness (QED) is 0.939. The van der Waals surface area contributed by atoms with Crippen molar-refractivity contribution in [2.45, 2.75) is 32.2 Å². The molecular formula is C15H20N2OS2. The zero-order valence-electron chi connectivity index (χ0n) is 11.7. The predicted molar refractivity (Wildman–Crippen MR) is 86.6 cm³/mol. The highest BCUT2D eigenvalue weighted by atomic mass is 32.1. The van der Waals surface area contributed by atoms with Gasteiger partial charge in [-0.25, -0.2) is 0 Å². The smallest absolute Gasteiger partial charge is 0.264 e. The topological polar surface area (TPSA) is 46.3 Å². The molecule has 2 aromatic rings. The second-order valence-electron chi connectivity index (χ2n) is 5.34. The van der Waals surface area contributed by atoms with E-state index < -0.39 is 0 Å². The molecule has 0 spiro atoms. The lowest BCUT2D eigenvalue weighted by atomic mass is 10.0. The minimum absolute atomic E-state index is 0.186. The summed E-state index contributed by atoms with van der Waals surface area (Å²) in [5.74, 6) is 0.659. The van der Waals surface area contributed by atoms with Crippen molar-refractivity contribution in [1.82, 2.24) is 4.90 Å². The van der Waals surface area contributed by atoms with Gasteiger partial charge in [0, 0.05) is 22.0 Å². The van der Waals surface area contributed by atoms with Crippen LogP contribution in [0.1, 0.15) is 35.9 Å². The molecule has 3 rings (SSSR count). The molecular weight excluding hydrogens is 288 g/mol. The number of hydrogen-bond donors (Lipinski definition) is 1. The molecule has 0 radical (unpaired) electrons. The van der Waals surface area contributed by atoms with Gasteiger partial charge in [0.2, 0.25) is 0 Å². The molecule has 2 atom stereocenters. The average molecular weight is 308 g/mol. The van der Waals surface area contributed by atoms with E-state index in [0.717, 1.165) is 24.3 Å². The molecule has 1 aliphatic rings. The second kappa shape index (κ2) is 5.84. The van der Waals surface area contributed by atoms with Crippen LogP contribution in [0.2, 0.25) is 0 Å². The molecule has 0 bridgehead atoms. The summed E-state index contributed by atoms with van der Waals surface area (Å²) < 4.78 is 2.44. The van der Waals surface area contributed by atoms with Gasteiger partial charge in [-0.2, -0.15) is 0 Å². The third-order valence-electron chi connectivity index (χ3n) is 4.27. The molecule has 2 heterocycles. The fourth-order valence-corrected chi connectivity index (χ4v) is 5.31. The minimum atomic E-state index is 0.186. The predicted octanol–water partition coefficient (Wildman–Crippen LogP) is 3.55. The first kappa shape index (κ1) is 14.0. The van der Waals surface area contributed by atoms with Crippen LogP contribution >= 0.6 is 22.7 Å². The van der Waals surface area contributed by atoms with Crippen molar-refractivity contribution in [3.05, 3.63) is 22.4 Å². The Morgan fingerprint density at radius 1 is 1.45 bits per heavy atom. The number of amides is 1. The fraction of sp³-hybridized carbons (Fsp3) is 0.533. The van der Waals surface area contributed by atoms with Crippen LogP contribution in [0.5, 0.6) is 0 Å². The summed E-state index contributed by atoms with van der Waals surface area (Å²) in [6.07, 6.45) is 3.45. The van der Waals surface area contributed by atoms with Crippen molar-refractivity contribution in [1.29, 1.82) is 0 Å². The normalized spacial score (nSPS) is 22.5. The molecule has 2 N–H and O–H groups in total. The van der Waals surface area contributed by atoms with E-state index in [2.05, 4.69) is 18.4 Å². The lowest BCUT2D eigenvalue weighted by Crippen LogP contribution is -2.43. The van der Waals surface area contributed by atoms with Gasteiger partial charge in [-0.1, -0.05) is 6.42 Å². The molecule has 5 heteroatoms. The molecule has 1 fully saturated rings. The highest BCUT2D eigenvalue weighted by Crippen LogP contribution is 2.34. The Hall–Kier alpha value is -0.910. The van der Waals surface area contributed by atoms with Gasteiger partial charge in [-0.15, -0.1) is 22.7 Å². The molecule has 0 saturated heterocycles. The van der Waals surface area contributed by atoms with Gasteiger partial charge in [-0.05, 0) is 49.7 Å². The number of carbonyl (C=O) groups excluding carboxylic acids is 1. The van der Waals surface area contributed by atoms with Crippen molar-refractivity contribution in [3.8, 4) is 0 Å². The summed E-state index contributed by atoms with van der Waals surface area (Å²) in [5.41, 5.74) is 5.87. The SMILES string of the molecule is CCN(C(=O)c1cc2sccc2s1)C1CCCC1CN. The molecule has 0 aromatic carbocycles. The standard InChI is InChI=1S/C15H20N2OS2/c1-2-17(11-5-3-4-10(11)9-16)15(18)14-8-13-12(20-14)6-7-19-13/h6-8,10-11H,2-5,9,16H2,1H3. The summed E-state index contributed by atoms with van der Waals surface area (Å²) in [6.45, 7) is 3.53. The lowest BCUT2D eigenvalue weighted by Gasteiger charge is -2.31. The van der Waals surface area contributed by atoms with Crippen LogP contribution in [-0.4, -0.2) is 29.9 Å². The summed E-state index contributed by atoms with van der Waals surface area (Å²) in [4.78, 5) is 15.7. The summed E-state index contributed by atoms with van der Waals surface area (Å²) in [6, 6.07) is 4.47. The number of nitrogens with two attached hydrogens (primary N) is 1. The number of fused-ring (bicyclic) bond motifs is 1. The molecule has 1 saturated carbocycles. The van der Waals surface area contributed by atoms with Gasteiger partial charge in [0.25, 0.3) is 5.91 Å². The molecule has 1 amide bonds. The van der Waals surface area contributed by atoms with Crippen molar-refractivity contribution in [3.63, 3.8) is 0 Å². The monoisotopic (exact) mass is 308 g/mol. The van der Waals surface area contributed by atoms with E-state index in [4.69, 9.17) is 5.73 Å². The Morgan fingerprint density at radius 2 is 2.30 bits per heavy atom. The Balaban J connectivity index is 1.85. The van der Waals surface area contributed by atoms with E-state index >= 15 is 0 Å². The van der Waals surface area contributed by atoms with Gasteiger partial charge in [0.05, 0.1) is 4.88 Å². The maximum atomic E-state index is 12.8. The molecule has 108 valence electrons. The number of nitrogens with zero attached hydrogens (tertiary/aromatic N) is 1. The molecule has 2 aromatic heterocycles. The molecule has 3 nitrogen and oxygen atoms in total. The largest absolute Gasteiger partial charge is 0.335 e. The van der Waals surface area contributed by atoms with E-state index in [1.807, 2.05) is 11.0 Å². The Labute approximate surface area is 127 Å². The van der Waals surface area contributed by atoms with Crippen LogP contribution in [0.15, 0.2) is 17.5 Å². The van der Waals surface area contributed by atoms with E-state index in [0.29, 0.717) is 18.5 Å². The van der Waals surface area contributed by atoms with Gasteiger partial charge in [0.15, 0.2) is 0 Å². The average Bonchev–Trinajstić information content (AvgIpc) is 3.14. The number of thiophene rings is 2. The summed E-state index contributed by atoms with van der Waals surface area (Å²) in [5, 5.41) is 2.08. The Morgan fingerprint density at radius 3 is 3.00 bits per heavy atom. The first-order valence-electron chi connectivity index (χ1n) is 7.22. The van der Waals surface area contributed by atoms with Crippen molar-refractivity contribution >= 4 is 38.0 Å². The highest BCUT2D eigenvalue weighted by molar-refractivity contribution is 7.27. The Bertz CT molecular complexity index is 575. The number of hydrogen-bond acceptors (Lipinski definition) is 4. The summed E-state index contributed by atoms with van der Waals surface area (Å²) in [7, 11) is 0. The van der Waals surface area contributed by atoms with Crippen molar-refractivity contribution in [2.24, 2.45) is 11.7 Å². The van der Waals surface area contributed by atoms with Gasteiger partial charge < -0.3 is 10.6 Å². The van der Waals surface area contributed by atoms with E-state index in [-0.39, 0.29) is 5.91 Å². The molecule has 2 unspecified atom stereocenters. The number of rotatable bonds is 4. The zero-order chi connectivity index (χ0) is 14.1. The van der Waals surface area contributed by atoms with Crippen LogP contribution in [0.25, 0.3) is 9.40 Å². The minimum Gasteiger partial charge on any atom is -0.335 e. The van der Waals surface area contributed by atoms with Crippen LogP contribution in [-0.2, 0) is 0 Å². The fourth-order valence-electron chi connectivity index (χ4n) is 3.24. The zero-order valence-corrected chi connectivity index (χ0v) is 13.3. The van der Waals surface area contributed by atoms with Crippen LogP contribution < -0.4 is 5.73 Å². The van der Waals surface area contributed by atoms with Gasteiger partial charge in [-0.3, -0.25) is 4.79 Å². The van der Waals surface area contributed by atoms with Gasteiger partial charge >= 0.3 is 0 Å². The lowest BCUT2D eigenvalue weighted by molar-refractivity contribution is 0.0657. The highest BCUT2D eigenvalue weighted by Gasteiger charge is 2.33. The molecule has 0 aliphatic heterocycles. The van der Waals surface area contributed by atoms with Crippen molar-refractivity contribution < 1.29 is 4.79 Å². The van der Waals surface area contributed by atoms with Crippen LogP contribution in [0.4, 0.5) is 0 Å². The van der Waals surface area contributed by atoms with E-state index in [9.17, 15) is 4.79 Å². The second-order valence-corrected chi connectivity index (χ2v) is 7.38. The Kier molecular flexibility index (Phi) is 4.10. The van der Waals surface area contributed by atoms with E-state index in [1.54, 1.807) is 22.7 Å². The van der Waals surface area contributed by atoms with Gasteiger partial charge in [0.1, 0.15) is 0 Å². The molecule has 1 aliphatic carbocycles. The third kappa shape index (κ3) is 2.38. The number of carbonyl (C=O) groups is 1. The maximum Gasteiger partial charge on any atom is 0.264 e. The van der Waals surface area contributed by atoms with Crippen LogP contribution in [0, 0.1) is 5.92 Å². The van der Waals surface area contributed by atoms with E-state index in [1.165, 1.54) is 15.8 Å². The maximum absolute atomic E-state index is 12.8. The summed E-state index contributed by atoms with van der Waals surface area (Å²) >= 11 is 3.31.